The zero-order valence-electron chi connectivity index (χ0n) is 17.8. The summed E-state index contributed by atoms with van der Waals surface area (Å²) in [6, 6.07) is 0.360. The minimum absolute atomic E-state index is 0.0290. The van der Waals surface area contributed by atoms with Gasteiger partial charge in [0, 0.05) is 27.0 Å². The average Bonchev–Trinajstić information content (AvgIpc) is 3.16. The van der Waals surface area contributed by atoms with Crippen LogP contribution in [0.2, 0.25) is 0 Å². The molecule has 2 heterocycles. The van der Waals surface area contributed by atoms with E-state index in [4.69, 9.17) is 20.1 Å². The molecule has 1 aliphatic rings. The van der Waals surface area contributed by atoms with Crippen LogP contribution < -0.4 is 27.3 Å². The number of carbonyl (C=O) groups excluding carboxylic acids is 1. The summed E-state index contributed by atoms with van der Waals surface area (Å²) in [6.45, 7) is 4.51. The summed E-state index contributed by atoms with van der Waals surface area (Å²) in [4.78, 5) is 28.7. The molecule has 174 valence electrons. The standard InChI is InChI=1S/C13H23N6O6P.C2H6.CH4O/c1-24-26(23,8-20)5-3-2-4-25-7-9(21)6-19-11-10(17-18-19)12(22)16-13(14)15-11;2*1-2/h8-9,17-18,21H,2-7H2,1H3,(H3,14,15,16,22);1-2H3;2H,1H3. The van der Waals surface area contributed by atoms with Crippen LogP contribution in [0.4, 0.5) is 17.5 Å². The lowest BCUT2D eigenvalue weighted by Crippen LogP contribution is -2.43. The van der Waals surface area contributed by atoms with E-state index in [0.29, 0.717) is 25.5 Å². The third kappa shape index (κ3) is 8.78. The number of carbonyl (C=O) groups is 1. The summed E-state index contributed by atoms with van der Waals surface area (Å²) in [5, 5.41) is 18.5. The van der Waals surface area contributed by atoms with E-state index in [1.165, 1.54) is 12.1 Å². The lowest BCUT2D eigenvalue weighted by atomic mass is 10.3. The summed E-state index contributed by atoms with van der Waals surface area (Å²) < 4.78 is 21.8. The molecule has 2 atom stereocenters. The number of hydrogen-bond donors (Lipinski definition) is 6. The van der Waals surface area contributed by atoms with E-state index in [2.05, 4.69) is 20.9 Å². The number of hydrazine groups is 2. The van der Waals surface area contributed by atoms with Crippen molar-refractivity contribution in [1.29, 1.82) is 0 Å². The quantitative estimate of drug-likeness (QED) is 0.149. The number of H-pyrrole nitrogens is 1. The maximum absolute atomic E-state index is 11.7. The minimum Gasteiger partial charge on any atom is -0.400 e. The zero-order chi connectivity index (χ0) is 23.2. The number of anilines is 3. The van der Waals surface area contributed by atoms with Gasteiger partial charge in [0.05, 0.1) is 19.3 Å². The number of aromatic amines is 1. The Kier molecular flexibility index (Phi) is 13.9. The molecule has 1 aromatic rings. The summed E-state index contributed by atoms with van der Waals surface area (Å²) in [5.74, 6) is 0.258. The molecule has 0 saturated heterocycles. The number of nitrogens with two attached hydrogens (primary N) is 1. The van der Waals surface area contributed by atoms with Crippen molar-refractivity contribution < 1.29 is 28.8 Å². The Morgan fingerprint density at radius 1 is 1.33 bits per heavy atom. The largest absolute Gasteiger partial charge is 0.400 e. The molecular formula is C16H33N6O7P. The number of rotatable bonds is 11. The van der Waals surface area contributed by atoms with Gasteiger partial charge in [-0.05, 0) is 12.8 Å². The highest BCUT2D eigenvalue weighted by Gasteiger charge is 2.25. The first-order chi connectivity index (χ1) is 14.4. The molecule has 1 aromatic heterocycles. The lowest BCUT2D eigenvalue weighted by molar-refractivity contribution is 0.0385. The number of aromatic nitrogens is 2. The number of hydrogen-bond acceptors (Lipinski definition) is 12. The van der Waals surface area contributed by atoms with E-state index >= 15 is 0 Å². The van der Waals surface area contributed by atoms with Gasteiger partial charge in [0.25, 0.3) is 12.9 Å². The van der Waals surface area contributed by atoms with Crippen LogP contribution in [0.5, 0.6) is 0 Å². The Bertz CT molecular complexity index is 733. The first kappa shape index (κ1) is 28.0. The van der Waals surface area contributed by atoms with Crippen molar-refractivity contribution in [2.75, 3.05) is 56.3 Å². The van der Waals surface area contributed by atoms with Crippen molar-refractivity contribution >= 4 is 30.8 Å². The second kappa shape index (κ2) is 14.9. The molecule has 2 rings (SSSR count). The normalized spacial score (nSPS) is 14.8. The van der Waals surface area contributed by atoms with Crippen molar-refractivity contribution in [1.82, 2.24) is 15.5 Å². The van der Waals surface area contributed by atoms with Crippen LogP contribution in [0.1, 0.15) is 26.7 Å². The van der Waals surface area contributed by atoms with Crippen LogP contribution in [0.3, 0.4) is 0 Å². The van der Waals surface area contributed by atoms with Crippen molar-refractivity contribution in [3.63, 3.8) is 0 Å². The third-order valence-corrected chi connectivity index (χ3v) is 5.55. The van der Waals surface area contributed by atoms with Crippen LogP contribution in [0.15, 0.2) is 4.79 Å². The van der Waals surface area contributed by atoms with Gasteiger partial charge in [-0.25, -0.2) is 0 Å². The van der Waals surface area contributed by atoms with Crippen LogP contribution >= 0.6 is 7.37 Å². The molecule has 0 bridgehead atoms. The number of unbranched alkanes of at least 4 members (excludes halogenated alkanes) is 1. The van der Waals surface area contributed by atoms with E-state index in [9.17, 15) is 19.3 Å². The molecule has 0 amide bonds. The monoisotopic (exact) mass is 452 g/mol. The van der Waals surface area contributed by atoms with Gasteiger partial charge in [-0.2, -0.15) is 4.98 Å². The Morgan fingerprint density at radius 2 is 2.00 bits per heavy atom. The van der Waals surface area contributed by atoms with Crippen LogP contribution in [0.25, 0.3) is 0 Å². The number of aliphatic hydroxyl groups is 2. The van der Waals surface area contributed by atoms with Crippen molar-refractivity contribution in [3.8, 4) is 0 Å². The molecule has 13 nitrogen and oxygen atoms in total. The lowest BCUT2D eigenvalue weighted by Gasteiger charge is -2.20. The molecule has 0 fully saturated rings. The van der Waals surface area contributed by atoms with Crippen LogP contribution in [0, 0.1) is 0 Å². The summed E-state index contributed by atoms with van der Waals surface area (Å²) in [5.41, 5.74) is 10.7. The minimum atomic E-state index is -3.16. The van der Waals surface area contributed by atoms with E-state index in [-0.39, 0.29) is 36.8 Å². The molecule has 2 unspecified atom stereocenters. The van der Waals surface area contributed by atoms with Crippen LogP contribution in [-0.2, 0) is 18.6 Å². The summed E-state index contributed by atoms with van der Waals surface area (Å²) in [6.07, 6.45) is 0.406. The fourth-order valence-corrected chi connectivity index (χ4v) is 3.34. The van der Waals surface area contributed by atoms with Gasteiger partial charge in [0.1, 0.15) is 0 Å². The molecule has 14 heteroatoms. The molecule has 0 aromatic carbocycles. The Morgan fingerprint density at radius 3 is 2.60 bits per heavy atom. The average molecular weight is 452 g/mol. The van der Waals surface area contributed by atoms with E-state index in [1.807, 2.05) is 13.8 Å². The fraction of sp³-hybridized carbons (Fsp3) is 0.688. The number of nitrogens with one attached hydrogen (secondary N) is 3. The van der Waals surface area contributed by atoms with Crippen molar-refractivity contribution in [2.24, 2.45) is 0 Å². The first-order valence-corrected chi connectivity index (χ1v) is 11.3. The molecule has 1 aliphatic heterocycles. The zero-order valence-corrected chi connectivity index (χ0v) is 18.6. The van der Waals surface area contributed by atoms with E-state index < -0.39 is 19.0 Å². The molecule has 0 aliphatic carbocycles. The number of ether oxygens (including phenoxy) is 1. The van der Waals surface area contributed by atoms with Crippen molar-refractivity contribution in [3.05, 3.63) is 10.4 Å². The van der Waals surface area contributed by atoms with Gasteiger partial charge in [0.2, 0.25) is 12.0 Å². The van der Waals surface area contributed by atoms with Gasteiger partial charge in [-0.1, -0.05) is 13.8 Å². The number of fused-ring (bicyclic) bond motifs is 1. The number of nitrogens with zero attached hydrogens (tertiary/aromatic N) is 2. The highest BCUT2D eigenvalue weighted by Crippen LogP contribution is 2.43. The third-order valence-electron chi connectivity index (χ3n) is 3.67. The number of nitrogen functional groups attached to an aromatic ring is 1. The molecule has 30 heavy (non-hydrogen) atoms. The highest BCUT2D eigenvalue weighted by molar-refractivity contribution is 7.73. The Hall–Kier alpha value is -2.02. The summed E-state index contributed by atoms with van der Waals surface area (Å²) in [7, 11) is -0.913. The smallest absolute Gasteiger partial charge is 0.279 e. The second-order valence-electron chi connectivity index (χ2n) is 5.67. The molecule has 0 radical (unpaired) electrons. The van der Waals surface area contributed by atoms with Gasteiger partial charge in [-0.15, -0.1) is 5.53 Å². The van der Waals surface area contributed by atoms with Gasteiger partial charge in [-0.3, -0.25) is 29.6 Å². The highest BCUT2D eigenvalue weighted by atomic mass is 31.2. The Labute approximate surface area is 175 Å². The van der Waals surface area contributed by atoms with E-state index in [0.717, 1.165) is 7.11 Å². The fourth-order valence-electron chi connectivity index (χ4n) is 2.30. The second-order valence-corrected chi connectivity index (χ2v) is 8.15. The molecule has 0 spiro atoms. The molecule has 0 saturated carbocycles. The number of β-amino-alcohol motifs (C(OH)–C–C–N with tert-alkyl or cyclic N) is 1. The molecule has 7 N–H and O–H groups in total. The predicted molar refractivity (Wildman–Crippen MR) is 115 cm³/mol. The maximum Gasteiger partial charge on any atom is 0.279 e. The van der Waals surface area contributed by atoms with Crippen molar-refractivity contribution in [2.45, 2.75) is 32.8 Å². The number of aliphatic hydroxyl groups excluding tert-OH is 2. The molecular weight excluding hydrogens is 419 g/mol. The van der Waals surface area contributed by atoms with Gasteiger partial charge < -0.3 is 25.2 Å². The topological polar surface area (TPSA) is 192 Å². The summed E-state index contributed by atoms with van der Waals surface area (Å²) >= 11 is 0. The van der Waals surface area contributed by atoms with Crippen LogP contribution in [-0.4, -0.2) is 72.5 Å². The van der Waals surface area contributed by atoms with E-state index in [1.54, 1.807) is 0 Å². The van der Waals surface area contributed by atoms with Gasteiger partial charge >= 0.3 is 0 Å². The maximum atomic E-state index is 11.7. The van der Waals surface area contributed by atoms with Gasteiger partial charge in [0.15, 0.2) is 11.5 Å². The Balaban J connectivity index is 0.00000198. The predicted octanol–water partition coefficient (Wildman–Crippen LogP) is -0.0893. The SMILES string of the molecule is CC.CO.COP(=O)(C=O)CCCCOCC(O)CN1NNc2c1nc(N)[nH]c2=O. The first-order valence-electron chi connectivity index (χ1n) is 9.39.